The van der Waals surface area contributed by atoms with Gasteiger partial charge in [0, 0.05) is 19.5 Å². The summed E-state index contributed by atoms with van der Waals surface area (Å²) >= 11 is 0. The van der Waals surface area contributed by atoms with E-state index in [1.54, 1.807) is 4.90 Å². The number of piperidine rings is 1. The number of ether oxygens (including phenoxy) is 1. The smallest absolute Gasteiger partial charge is 0.222 e. The Bertz CT molecular complexity index is 697. The van der Waals surface area contributed by atoms with Crippen molar-refractivity contribution in [1.29, 1.82) is 0 Å². The Hall–Kier alpha value is -1.56. The first-order valence-electron chi connectivity index (χ1n) is 10.0. The second-order valence-electron chi connectivity index (χ2n) is 7.82. The standard InChI is InChI=1S/C21H33NO4S/c1-4-14-26-19-10-7-18(8-11-19)9-12-21(23)22-13-5-6-20(15-22)27(24,25)16-17(2)3/h7-8,10-11,17,20H,4-6,9,12-16H2,1-3H3. The molecular formula is C21H33NO4S. The van der Waals surface area contributed by atoms with Gasteiger partial charge in [-0.2, -0.15) is 0 Å². The maximum Gasteiger partial charge on any atom is 0.222 e. The predicted octanol–water partition coefficient (Wildman–Crippen LogP) is 3.47. The lowest BCUT2D eigenvalue weighted by molar-refractivity contribution is -0.131. The Labute approximate surface area is 164 Å². The van der Waals surface area contributed by atoms with E-state index in [2.05, 4.69) is 6.92 Å². The molecule has 1 atom stereocenters. The summed E-state index contributed by atoms with van der Waals surface area (Å²) in [6, 6.07) is 7.85. The number of nitrogens with zero attached hydrogens (tertiary/aromatic N) is 1. The number of amides is 1. The van der Waals surface area contributed by atoms with Gasteiger partial charge in [-0.15, -0.1) is 0 Å². The molecule has 5 nitrogen and oxygen atoms in total. The van der Waals surface area contributed by atoms with E-state index in [1.165, 1.54) is 0 Å². The maximum atomic E-state index is 12.6. The molecule has 0 aromatic heterocycles. The average molecular weight is 396 g/mol. The molecule has 0 bridgehead atoms. The first kappa shape index (κ1) is 21.7. The largest absolute Gasteiger partial charge is 0.494 e. The van der Waals surface area contributed by atoms with Crippen molar-refractivity contribution in [2.24, 2.45) is 5.92 Å². The molecule has 1 fully saturated rings. The molecule has 2 rings (SSSR count). The van der Waals surface area contributed by atoms with Crippen LogP contribution < -0.4 is 4.74 Å². The zero-order valence-electron chi connectivity index (χ0n) is 16.8. The average Bonchev–Trinajstić information content (AvgIpc) is 2.64. The van der Waals surface area contributed by atoms with Gasteiger partial charge in [0.25, 0.3) is 0 Å². The molecule has 152 valence electrons. The number of carbonyl (C=O) groups excluding carboxylic acids is 1. The van der Waals surface area contributed by atoms with E-state index in [1.807, 2.05) is 38.1 Å². The van der Waals surface area contributed by atoms with Gasteiger partial charge >= 0.3 is 0 Å². The minimum Gasteiger partial charge on any atom is -0.494 e. The molecule has 0 N–H and O–H groups in total. The van der Waals surface area contributed by atoms with Gasteiger partial charge in [0.05, 0.1) is 17.6 Å². The number of sulfone groups is 1. The van der Waals surface area contributed by atoms with E-state index >= 15 is 0 Å². The molecule has 1 amide bonds. The number of benzene rings is 1. The molecule has 27 heavy (non-hydrogen) atoms. The van der Waals surface area contributed by atoms with Crippen LogP contribution in [0.3, 0.4) is 0 Å². The Kier molecular flexibility index (Phi) is 8.14. The molecule has 6 heteroatoms. The van der Waals surface area contributed by atoms with Gasteiger partial charge in [-0.05, 0) is 49.3 Å². The maximum absolute atomic E-state index is 12.6. The Balaban J connectivity index is 1.86. The predicted molar refractivity (Wildman–Crippen MR) is 109 cm³/mol. The minimum absolute atomic E-state index is 0.0470. The van der Waals surface area contributed by atoms with Gasteiger partial charge in [0.1, 0.15) is 5.75 Å². The van der Waals surface area contributed by atoms with E-state index in [0.717, 1.165) is 24.2 Å². The lowest BCUT2D eigenvalue weighted by Crippen LogP contribution is -2.46. The highest BCUT2D eigenvalue weighted by Gasteiger charge is 2.32. The van der Waals surface area contributed by atoms with Crippen LogP contribution in [0.4, 0.5) is 0 Å². The van der Waals surface area contributed by atoms with Gasteiger partial charge < -0.3 is 9.64 Å². The van der Waals surface area contributed by atoms with Crippen molar-refractivity contribution >= 4 is 15.7 Å². The summed E-state index contributed by atoms with van der Waals surface area (Å²) in [6.07, 6.45) is 3.47. The fraction of sp³-hybridized carbons (Fsp3) is 0.667. The zero-order chi connectivity index (χ0) is 19.9. The third kappa shape index (κ3) is 6.83. The third-order valence-corrected chi connectivity index (χ3v) is 7.36. The Morgan fingerprint density at radius 2 is 1.96 bits per heavy atom. The quantitative estimate of drug-likeness (QED) is 0.642. The van der Waals surface area contributed by atoms with Crippen molar-refractivity contribution in [2.45, 2.75) is 58.1 Å². The van der Waals surface area contributed by atoms with Gasteiger partial charge in [-0.25, -0.2) is 8.42 Å². The molecule has 1 heterocycles. The van der Waals surface area contributed by atoms with Crippen LogP contribution in [-0.4, -0.2) is 49.9 Å². The molecule has 0 aliphatic carbocycles. The van der Waals surface area contributed by atoms with Crippen LogP contribution in [0.5, 0.6) is 5.75 Å². The second kappa shape index (κ2) is 10.1. The van der Waals surface area contributed by atoms with Crippen molar-refractivity contribution in [1.82, 2.24) is 4.90 Å². The monoisotopic (exact) mass is 395 g/mol. The summed E-state index contributed by atoms with van der Waals surface area (Å²) in [6.45, 7) is 7.62. The summed E-state index contributed by atoms with van der Waals surface area (Å²) in [5.41, 5.74) is 1.09. The molecule has 0 saturated carbocycles. The molecule has 1 saturated heterocycles. The zero-order valence-corrected chi connectivity index (χ0v) is 17.6. The second-order valence-corrected chi connectivity index (χ2v) is 10.1. The minimum atomic E-state index is -3.14. The fourth-order valence-corrected chi connectivity index (χ4v) is 5.57. The van der Waals surface area contributed by atoms with Crippen LogP contribution in [0, 0.1) is 5.92 Å². The summed E-state index contributed by atoms with van der Waals surface area (Å²) in [4.78, 5) is 14.3. The van der Waals surface area contributed by atoms with Crippen LogP contribution in [-0.2, 0) is 21.1 Å². The lowest BCUT2D eigenvalue weighted by atomic mass is 10.1. The summed E-state index contributed by atoms with van der Waals surface area (Å²) in [5, 5.41) is -0.410. The molecule has 1 aliphatic rings. The Morgan fingerprint density at radius 3 is 2.59 bits per heavy atom. The lowest BCUT2D eigenvalue weighted by Gasteiger charge is -2.33. The van der Waals surface area contributed by atoms with E-state index in [9.17, 15) is 13.2 Å². The molecule has 0 radical (unpaired) electrons. The molecule has 1 aromatic carbocycles. The van der Waals surface area contributed by atoms with Gasteiger partial charge in [-0.3, -0.25) is 4.79 Å². The van der Waals surface area contributed by atoms with Gasteiger partial charge in [0.15, 0.2) is 9.84 Å². The Morgan fingerprint density at radius 1 is 1.26 bits per heavy atom. The number of hydrogen-bond donors (Lipinski definition) is 0. The van der Waals surface area contributed by atoms with E-state index < -0.39 is 15.1 Å². The first-order chi connectivity index (χ1) is 12.8. The van der Waals surface area contributed by atoms with Crippen LogP contribution in [0.2, 0.25) is 0 Å². The van der Waals surface area contributed by atoms with Gasteiger partial charge in [-0.1, -0.05) is 32.9 Å². The van der Waals surface area contributed by atoms with E-state index in [4.69, 9.17) is 4.74 Å². The van der Waals surface area contributed by atoms with E-state index in [-0.39, 0.29) is 17.6 Å². The van der Waals surface area contributed by atoms with Crippen LogP contribution in [0.15, 0.2) is 24.3 Å². The van der Waals surface area contributed by atoms with E-state index in [0.29, 0.717) is 39.0 Å². The van der Waals surface area contributed by atoms with Gasteiger partial charge in [0.2, 0.25) is 5.91 Å². The number of aryl methyl sites for hydroxylation is 1. The normalized spacial score (nSPS) is 17.9. The first-order valence-corrected chi connectivity index (χ1v) is 11.7. The molecule has 1 unspecified atom stereocenters. The number of carbonyl (C=O) groups is 1. The van der Waals surface area contributed by atoms with Crippen molar-refractivity contribution < 1.29 is 17.9 Å². The van der Waals surface area contributed by atoms with Crippen LogP contribution in [0.25, 0.3) is 0 Å². The summed E-state index contributed by atoms with van der Waals surface area (Å²) < 4.78 is 30.6. The topological polar surface area (TPSA) is 63.7 Å². The number of likely N-dealkylation sites (tertiary alicyclic amines) is 1. The highest BCUT2D eigenvalue weighted by Crippen LogP contribution is 2.21. The van der Waals surface area contributed by atoms with Crippen LogP contribution in [0.1, 0.15) is 52.0 Å². The van der Waals surface area contributed by atoms with Crippen LogP contribution >= 0.6 is 0 Å². The molecule has 1 aliphatic heterocycles. The van der Waals surface area contributed by atoms with Crippen molar-refractivity contribution in [3.8, 4) is 5.75 Å². The summed E-state index contributed by atoms with van der Waals surface area (Å²) in [7, 11) is -3.14. The molecule has 1 aromatic rings. The summed E-state index contributed by atoms with van der Waals surface area (Å²) in [5.74, 6) is 1.21. The fourth-order valence-electron chi connectivity index (χ4n) is 3.44. The SMILES string of the molecule is CCCOc1ccc(CCC(=O)N2CCCC(S(=O)(=O)CC(C)C)C2)cc1. The van der Waals surface area contributed by atoms with Crippen molar-refractivity contribution in [3.63, 3.8) is 0 Å². The highest BCUT2D eigenvalue weighted by molar-refractivity contribution is 7.92. The van der Waals surface area contributed by atoms with Crippen molar-refractivity contribution in [2.75, 3.05) is 25.4 Å². The highest BCUT2D eigenvalue weighted by atomic mass is 32.2. The van der Waals surface area contributed by atoms with Crippen molar-refractivity contribution in [3.05, 3.63) is 29.8 Å². The number of rotatable bonds is 9. The molecule has 0 spiro atoms. The molecular weight excluding hydrogens is 362 g/mol. The number of hydrogen-bond acceptors (Lipinski definition) is 4. The third-order valence-electron chi connectivity index (χ3n) is 4.83.